The molecule has 3 aliphatic rings. The molecular formula is C49H58N6O9. The van der Waals surface area contributed by atoms with Gasteiger partial charge in [0.25, 0.3) is 0 Å². The van der Waals surface area contributed by atoms with Gasteiger partial charge in [0.1, 0.15) is 79.9 Å². The van der Waals surface area contributed by atoms with Crippen LogP contribution in [0.5, 0.6) is 17.2 Å². The lowest BCUT2D eigenvalue weighted by Gasteiger charge is -2.29. The molecule has 0 N–H and O–H groups in total. The number of aryl methyl sites for hydroxylation is 2. The van der Waals surface area contributed by atoms with Crippen LogP contribution in [0.15, 0.2) is 83.2 Å². The van der Waals surface area contributed by atoms with Crippen molar-refractivity contribution in [1.82, 2.24) is 0 Å². The standard InChI is InChI=1S/C49H58N6O9/c1-36-6-11-43-45(28-36)61-20-16-53(17-21-62-46-29-37(2)7-12-44(46)55-15-19-58-24-23-57-18-14-54(43)34-59-25-26-60-35-55)42-13-9-38(30-47(42)63-27-22-56-5)8-10-41-40(33-52)48(39(31-50)32-51)64-49(41,3)4/h6-13,28-30H,14-27,34-35H2,1-5H3/b10-8+. The first-order chi connectivity index (χ1) is 31.1. The van der Waals surface area contributed by atoms with E-state index in [1.54, 1.807) is 27.0 Å². The summed E-state index contributed by atoms with van der Waals surface area (Å²) in [4.78, 5) is 6.43. The second kappa shape index (κ2) is 23.4. The Kier molecular flexibility index (Phi) is 17.3. The average Bonchev–Trinajstić information content (AvgIpc) is 3.54. The Morgan fingerprint density at radius 2 is 1.20 bits per heavy atom. The van der Waals surface area contributed by atoms with Gasteiger partial charge in [-0.3, -0.25) is 0 Å². The lowest BCUT2D eigenvalue weighted by Crippen LogP contribution is -2.34. The highest BCUT2D eigenvalue weighted by Crippen LogP contribution is 2.41. The Balaban J connectivity index is 1.38. The number of fused-ring (bicyclic) bond motifs is 11. The first-order valence-corrected chi connectivity index (χ1v) is 21.5. The van der Waals surface area contributed by atoms with Crippen LogP contribution in [0.2, 0.25) is 0 Å². The van der Waals surface area contributed by atoms with E-state index in [-0.39, 0.29) is 16.9 Å². The summed E-state index contributed by atoms with van der Waals surface area (Å²) >= 11 is 0. The molecule has 3 heterocycles. The lowest BCUT2D eigenvalue weighted by atomic mass is 9.94. The van der Waals surface area contributed by atoms with Crippen LogP contribution in [0.25, 0.3) is 6.08 Å². The predicted octanol–water partition coefficient (Wildman–Crippen LogP) is 6.86. The SMILES string of the molecule is COCCOc1cc(/C=C/C2=C(C#N)C(=C(C#N)C#N)OC2(C)C)ccc1N1CCOc2cc(C)ccc2N2CCOCCOCCN(COCCOC2)c2ccc(C)cc2OCC1. The number of anilines is 3. The minimum absolute atomic E-state index is 0.0137. The maximum atomic E-state index is 10.1. The minimum atomic E-state index is -0.959. The Morgan fingerprint density at radius 3 is 1.75 bits per heavy atom. The van der Waals surface area contributed by atoms with Crippen LogP contribution in [0.4, 0.5) is 17.1 Å². The number of allylic oxidation sites excluding steroid dienone is 2. The first kappa shape index (κ1) is 47.2. The van der Waals surface area contributed by atoms with Gasteiger partial charge >= 0.3 is 0 Å². The third-order valence-electron chi connectivity index (χ3n) is 10.8. The van der Waals surface area contributed by atoms with Crippen LogP contribution < -0.4 is 28.9 Å². The Bertz CT molecular complexity index is 2200. The number of hydrogen-bond acceptors (Lipinski definition) is 15. The van der Waals surface area contributed by atoms with Gasteiger partial charge in [0.05, 0.1) is 76.4 Å². The van der Waals surface area contributed by atoms with Crippen molar-refractivity contribution < 1.29 is 42.6 Å². The molecule has 6 rings (SSSR count). The van der Waals surface area contributed by atoms with Crippen molar-refractivity contribution in [2.45, 2.75) is 33.3 Å². The monoisotopic (exact) mass is 874 g/mol. The molecule has 64 heavy (non-hydrogen) atoms. The number of benzene rings is 3. The predicted molar refractivity (Wildman–Crippen MR) is 242 cm³/mol. The maximum absolute atomic E-state index is 10.1. The Labute approximate surface area is 376 Å². The summed E-state index contributed by atoms with van der Waals surface area (Å²) in [5.41, 5.74) is 4.98. The molecule has 1 saturated heterocycles. The van der Waals surface area contributed by atoms with Crippen LogP contribution in [0.1, 0.15) is 30.5 Å². The molecule has 0 unspecified atom stereocenters. The third kappa shape index (κ3) is 12.5. The van der Waals surface area contributed by atoms with Crippen molar-refractivity contribution in [2.75, 3.05) is 128 Å². The maximum Gasteiger partial charge on any atom is 0.172 e. The summed E-state index contributed by atoms with van der Waals surface area (Å²) in [6.07, 6.45) is 3.65. The zero-order valence-corrected chi connectivity index (χ0v) is 37.5. The van der Waals surface area contributed by atoms with E-state index < -0.39 is 5.60 Å². The van der Waals surface area contributed by atoms with E-state index in [1.165, 1.54) is 0 Å². The fraction of sp³-hybridized carbons (Fsp3) is 0.449. The molecule has 0 atom stereocenters. The molecule has 0 saturated carbocycles. The summed E-state index contributed by atoms with van der Waals surface area (Å²) in [6.45, 7) is 14.4. The number of nitriles is 3. The molecular weight excluding hydrogens is 817 g/mol. The highest BCUT2D eigenvalue weighted by Gasteiger charge is 2.38. The highest BCUT2D eigenvalue weighted by molar-refractivity contribution is 5.68. The summed E-state index contributed by atoms with van der Waals surface area (Å²) in [5, 5.41) is 29.2. The number of rotatable bonds is 7. The van der Waals surface area contributed by atoms with Crippen molar-refractivity contribution in [1.29, 1.82) is 15.8 Å². The molecule has 338 valence electrons. The summed E-state index contributed by atoms with van der Waals surface area (Å²) in [6, 6.07) is 24.1. The highest BCUT2D eigenvalue weighted by atomic mass is 16.5. The van der Waals surface area contributed by atoms with Gasteiger partial charge in [-0.25, -0.2) is 0 Å². The molecule has 1 fully saturated rings. The van der Waals surface area contributed by atoms with E-state index in [4.69, 9.17) is 42.6 Å². The molecule has 0 radical (unpaired) electrons. The van der Waals surface area contributed by atoms with E-state index in [0.29, 0.717) is 117 Å². The van der Waals surface area contributed by atoms with E-state index >= 15 is 0 Å². The van der Waals surface area contributed by atoms with Crippen LogP contribution in [0, 0.1) is 47.8 Å². The molecule has 15 nitrogen and oxygen atoms in total. The average molecular weight is 875 g/mol. The fourth-order valence-electron chi connectivity index (χ4n) is 7.44. The molecule has 3 aliphatic heterocycles. The summed E-state index contributed by atoms with van der Waals surface area (Å²) < 4.78 is 55.5. The summed E-state index contributed by atoms with van der Waals surface area (Å²) in [7, 11) is 1.63. The van der Waals surface area contributed by atoms with Gasteiger partial charge < -0.3 is 57.3 Å². The minimum Gasteiger partial charge on any atom is -0.490 e. The van der Waals surface area contributed by atoms with Gasteiger partial charge in [-0.1, -0.05) is 30.4 Å². The third-order valence-corrected chi connectivity index (χ3v) is 10.8. The molecule has 3 aromatic rings. The molecule has 2 bridgehead atoms. The van der Waals surface area contributed by atoms with Gasteiger partial charge in [-0.2, -0.15) is 15.8 Å². The first-order valence-electron chi connectivity index (χ1n) is 21.5. The van der Waals surface area contributed by atoms with Gasteiger partial charge in [0.2, 0.25) is 0 Å². The van der Waals surface area contributed by atoms with E-state index in [9.17, 15) is 15.8 Å². The quantitative estimate of drug-likeness (QED) is 0.179. The zero-order valence-electron chi connectivity index (χ0n) is 37.5. The molecule has 15 heteroatoms. The number of ether oxygens (including phenoxy) is 9. The van der Waals surface area contributed by atoms with Crippen LogP contribution in [-0.4, -0.2) is 118 Å². The van der Waals surface area contributed by atoms with Crippen LogP contribution in [0.3, 0.4) is 0 Å². The van der Waals surface area contributed by atoms with E-state index in [1.807, 2.05) is 62.4 Å². The van der Waals surface area contributed by atoms with Crippen LogP contribution >= 0.6 is 0 Å². The summed E-state index contributed by atoms with van der Waals surface area (Å²) in [5.74, 6) is 2.04. The number of nitrogens with zero attached hydrogens (tertiary/aromatic N) is 6. The molecule has 0 aliphatic carbocycles. The number of methoxy groups -OCH3 is 1. The largest absolute Gasteiger partial charge is 0.490 e. The van der Waals surface area contributed by atoms with E-state index in [0.717, 1.165) is 45.3 Å². The Morgan fingerprint density at radius 1 is 0.656 bits per heavy atom. The van der Waals surface area contributed by atoms with Crippen molar-refractivity contribution in [3.05, 3.63) is 99.8 Å². The van der Waals surface area contributed by atoms with Crippen molar-refractivity contribution in [3.8, 4) is 35.5 Å². The molecule has 3 aromatic carbocycles. The van der Waals surface area contributed by atoms with Crippen LogP contribution in [-0.2, 0) is 28.4 Å². The van der Waals surface area contributed by atoms with Crippen molar-refractivity contribution in [2.24, 2.45) is 0 Å². The van der Waals surface area contributed by atoms with E-state index in [2.05, 4.69) is 45.0 Å². The zero-order chi connectivity index (χ0) is 45.3. The molecule has 0 spiro atoms. The second-order valence-corrected chi connectivity index (χ2v) is 15.8. The molecule has 0 amide bonds. The molecule has 0 aromatic heterocycles. The van der Waals surface area contributed by atoms with Crippen molar-refractivity contribution in [3.63, 3.8) is 0 Å². The van der Waals surface area contributed by atoms with Gasteiger partial charge in [-0.05, 0) is 80.8 Å². The smallest absolute Gasteiger partial charge is 0.172 e. The number of hydrogen-bond donors (Lipinski definition) is 0. The Hall–Kier alpha value is -6.25. The van der Waals surface area contributed by atoms with Gasteiger partial charge in [0, 0.05) is 25.8 Å². The fourth-order valence-corrected chi connectivity index (χ4v) is 7.44. The lowest BCUT2D eigenvalue weighted by molar-refractivity contribution is 0.0299. The van der Waals surface area contributed by atoms with Crippen molar-refractivity contribution >= 4 is 23.1 Å². The normalized spacial score (nSPS) is 18.0. The van der Waals surface area contributed by atoms with Gasteiger partial charge in [-0.15, -0.1) is 0 Å². The van der Waals surface area contributed by atoms with Gasteiger partial charge in [0.15, 0.2) is 11.3 Å². The topological polar surface area (TPSA) is 164 Å². The second-order valence-electron chi connectivity index (χ2n) is 15.8.